The first-order valence-corrected chi connectivity index (χ1v) is 9.43. The van der Waals surface area contributed by atoms with E-state index < -0.39 is 17.6 Å². The Morgan fingerprint density at radius 3 is 2.86 bits per heavy atom. The number of aromatic nitrogens is 1. The minimum absolute atomic E-state index is 0.322. The summed E-state index contributed by atoms with van der Waals surface area (Å²) in [6.07, 6.45) is 0.663. The van der Waals surface area contributed by atoms with E-state index in [1.807, 2.05) is 24.3 Å². The molecule has 1 aromatic heterocycles. The summed E-state index contributed by atoms with van der Waals surface area (Å²) in [6, 6.07) is 6.56. The number of para-hydroxylation sites is 1. The molecule has 3 heterocycles. The number of hydrogen-bond acceptors (Lipinski definition) is 4. The Balaban J connectivity index is 1.70. The molecule has 0 aliphatic carbocycles. The van der Waals surface area contributed by atoms with E-state index in [1.54, 1.807) is 25.9 Å². The first-order valence-electron chi connectivity index (χ1n) is 9.43. The zero-order valence-corrected chi connectivity index (χ0v) is 16.2. The van der Waals surface area contributed by atoms with E-state index >= 15 is 0 Å². The average Bonchev–Trinajstić information content (AvgIpc) is 3.16. The van der Waals surface area contributed by atoms with Crippen LogP contribution in [0.25, 0.3) is 10.9 Å². The number of benzene rings is 1. The normalized spacial score (nSPS) is 22.4. The second kappa shape index (κ2) is 6.63. The lowest BCUT2D eigenvalue weighted by molar-refractivity contribution is -0.139. The third-order valence-corrected chi connectivity index (χ3v) is 5.87. The van der Waals surface area contributed by atoms with Gasteiger partial charge in [-0.05, 0) is 31.9 Å². The van der Waals surface area contributed by atoms with Gasteiger partial charge in [0.1, 0.15) is 6.04 Å². The van der Waals surface area contributed by atoms with Gasteiger partial charge in [-0.3, -0.25) is 9.59 Å². The van der Waals surface area contributed by atoms with Crippen molar-refractivity contribution >= 4 is 28.7 Å². The van der Waals surface area contributed by atoms with Crippen LogP contribution in [0.5, 0.6) is 0 Å². The van der Waals surface area contributed by atoms with Gasteiger partial charge in [-0.15, -0.1) is 0 Å². The molecule has 2 aromatic rings. The fourth-order valence-electron chi connectivity index (χ4n) is 4.30. The molecule has 1 saturated heterocycles. The molecule has 4 rings (SSSR count). The number of carbonyl (C=O) groups excluding carboxylic acids is 3. The number of nitrogens with zero attached hydrogens (tertiary/aromatic N) is 2. The number of rotatable bonds is 5. The zero-order valence-electron chi connectivity index (χ0n) is 16.2. The number of imide groups is 1. The predicted octanol–water partition coefficient (Wildman–Crippen LogP) is 1.35. The molecule has 2 atom stereocenters. The Morgan fingerprint density at radius 2 is 2.11 bits per heavy atom. The molecule has 2 aliphatic rings. The van der Waals surface area contributed by atoms with Crippen LogP contribution in [0.2, 0.25) is 0 Å². The van der Waals surface area contributed by atoms with E-state index in [-0.39, 0.29) is 11.8 Å². The lowest BCUT2D eigenvalue weighted by atomic mass is 9.87. The van der Waals surface area contributed by atoms with Crippen LogP contribution in [-0.4, -0.2) is 65.5 Å². The first-order chi connectivity index (χ1) is 13.4. The van der Waals surface area contributed by atoms with Gasteiger partial charge in [0.15, 0.2) is 5.54 Å². The summed E-state index contributed by atoms with van der Waals surface area (Å²) >= 11 is 0. The largest absolute Gasteiger partial charge is 0.383 e. The van der Waals surface area contributed by atoms with Crippen molar-refractivity contribution in [2.24, 2.45) is 0 Å². The van der Waals surface area contributed by atoms with Crippen molar-refractivity contribution in [3.8, 4) is 0 Å². The minimum atomic E-state index is -1.13. The number of fused-ring (bicyclic) bond motifs is 5. The van der Waals surface area contributed by atoms with Gasteiger partial charge >= 0.3 is 6.03 Å². The van der Waals surface area contributed by atoms with Crippen LogP contribution in [-0.2, 0) is 26.3 Å². The summed E-state index contributed by atoms with van der Waals surface area (Å²) in [6.45, 7) is 4.46. The summed E-state index contributed by atoms with van der Waals surface area (Å²) in [4.78, 5) is 45.0. The van der Waals surface area contributed by atoms with Crippen LogP contribution in [0.1, 0.15) is 25.1 Å². The Labute approximate surface area is 162 Å². The quantitative estimate of drug-likeness (QED) is 0.601. The maximum atomic E-state index is 13.4. The van der Waals surface area contributed by atoms with Gasteiger partial charge in [0.25, 0.3) is 5.91 Å². The first kappa shape index (κ1) is 18.5. The van der Waals surface area contributed by atoms with Gasteiger partial charge < -0.3 is 19.9 Å². The predicted molar refractivity (Wildman–Crippen MR) is 103 cm³/mol. The monoisotopic (exact) mass is 384 g/mol. The van der Waals surface area contributed by atoms with Crippen molar-refractivity contribution in [2.45, 2.75) is 31.8 Å². The molecular weight excluding hydrogens is 360 g/mol. The van der Waals surface area contributed by atoms with Gasteiger partial charge in [0.2, 0.25) is 5.91 Å². The summed E-state index contributed by atoms with van der Waals surface area (Å²) in [5, 5.41) is 3.77. The van der Waals surface area contributed by atoms with Crippen LogP contribution in [0.15, 0.2) is 24.3 Å². The molecule has 8 heteroatoms. The highest BCUT2D eigenvalue weighted by atomic mass is 16.5. The van der Waals surface area contributed by atoms with Gasteiger partial charge in [-0.1, -0.05) is 18.2 Å². The van der Waals surface area contributed by atoms with Crippen molar-refractivity contribution in [1.82, 2.24) is 20.1 Å². The van der Waals surface area contributed by atoms with Crippen LogP contribution < -0.4 is 5.32 Å². The smallest absolute Gasteiger partial charge is 0.328 e. The van der Waals surface area contributed by atoms with E-state index in [4.69, 9.17) is 4.74 Å². The number of nitrogens with one attached hydrogen (secondary N) is 2. The van der Waals surface area contributed by atoms with Crippen LogP contribution in [0, 0.1) is 0 Å². The topological polar surface area (TPSA) is 94.7 Å². The molecule has 0 radical (unpaired) electrons. The molecule has 2 unspecified atom stereocenters. The molecule has 0 saturated carbocycles. The van der Waals surface area contributed by atoms with Gasteiger partial charge in [-0.2, -0.15) is 0 Å². The van der Waals surface area contributed by atoms with Crippen molar-refractivity contribution in [3.63, 3.8) is 0 Å². The lowest BCUT2D eigenvalue weighted by Gasteiger charge is -2.36. The van der Waals surface area contributed by atoms with Gasteiger partial charge in [0, 0.05) is 31.1 Å². The molecule has 1 fully saturated rings. The molecule has 1 aromatic carbocycles. The molecule has 148 valence electrons. The average molecular weight is 384 g/mol. The number of aromatic amines is 1. The molecule has 2 N–H and O–H groups in total. The summed E-state index contributed by atoms with van der Waals surface area (Å²) in [5.74, 6) is -0.751. The highest BCUT2D eigenvalue weighted by Crippen LogP contribution is 2.44. The molecule has 2 aliphatic heterocycles. The fourth-order valence-corrected chi connectivity index (χ4v) is 4.30. The van der Waals surface area contributed by atoms with E-state index in [1.165, 1.54) is 0 Å². The lowest BCUT2D eigenvalue weighted by Crippen LogP contribution is -2.50. The number of hydrogen-bond donors (Lipinski definition) is 2. The summed E-state index contributed by atoms with van der Waals surface area (Å²) in [7, 11) is 1.54. The SMILES string of the molecule is COCCNC(=O)C(C)N1C(=O)N2CCc3c([nH]c4ccccc34)C2(C)C1=O. The van der Waals surface area contributed by atoms with E-state index in [2.05, 4.69) is 10.3 Å². The van der Waals surface area contributed by atoms with Crippen LogP contribution in [0.4, 0.5) is 4.79 Å². The van der Waals surface area contributed by atoms with E-state index in [9.17, 15) is 14.4 Å². The maximum Gasteiger partial charge on any atom is 0.328 e. The number of carbonyl (C=O) groups is 3. The number of methoxy groups -OCH3 is 1. The Bertz CT molecular complexity index is 968. The second-order valence-electron chi connectivity index (χ2n) is 7.42. The zero-order chi connectivity index (χ0) is 20.1. The van der Waals surface area contributed by atoms with E-state index in [0.29, 0.717) is 26.1 Å². The number of ether oxygens (including phenoxy) is 1. The van der Waals surface area contributed by atoms with E-state index in [0.717, 1.165) is 27.1 Å². The Morgan fingerprint density at radius 1 is 1.36 bits per heavy atom. The molecule has 0 spiro atoms. The summed E-state index contributed by atoms with van der Waals surface area (Å²) in [5.41, 5.74) is 1.62. The maximum absolute atomic E-state index is 13.4. The van der Waals surface area contributed by atoms with Crippen LogP contribution in [0.3, 0.4) is 0 Å². The molecular formula is C20H24N4O4. The third kappa shape index (κ3) is 2.44. The third-order valence-electron chi connectivity index (χ3n) is 5.87. The Kier molecular flexibility index (Phi) is 4.38. The molecule has 0 bridgehead atoms. The van der Waals surface area contributed by atoms with Crippen molar-refractivity contribution < 1.29 is 19.1 Å². The molecule has 28 heavy (non-hydrogen) atoms. The second-order valence-corrected chi connectivity index (χ2v) is 7.42. The fraction of sp³-hybridized carbons (Fsp3) is 0.450. The molecule has 8 nitrogen and oxygen atoms in total. The highest BCUT2D eigenvalue weighted by molar-refractivity contribution is 6.10. The number of H-pyrrole nitrogens is 1. The summed E-state index contributed by atoms with van der Waals surface area (Å²) < 4.78 is 4.93. The Hall–Kier alpha value is -2.87. The van der Waals surface area contributed by atoms with Crippen molar-refractivity contribution in [1.29, 1.82) is 0 Å². The number of urea groups is 1. The van der Waals surface area contributed by atoms with Crippen LogP contribution >= 0.6 is 0 Å². The molecule has 4 amide bonds. The number of amides is 4. The van der Waals surface area contributed by atoms with Crippen molar-refractivity contribution in [2.75, 3.05) is 26.8 Å². The van der Waals surface area contributed by atoms with Gasteiger partial charge in [-0.25, -0.2) is 9.69 Å². The van der Waals surface area contributed by atoms with Crippen molar-refractivity contribution in [3.05, 3.63) is 35.5 Å². The minimum Gasteiger partial charge on any atom is -0.383 e. The van der Waals surface area contributed by atoms with Gasteiger partial charge in [0.05, 0.1) is 12.3 Å². The highest BCUT2D eigenvalue weighted by Gasteiger charge is 2.60. The standard InChI is InChI=1S/C20H24N4O4/c1-12(17(25)21-9-11-28-3)24-18(26)20(2)16-14(8-10-23(20)19(24)27)13-6-4-5-7-15(13)22-16/h4-7,12,22H,8-11H2,1-3H3,(H,21,25).